The molecule has 1 aliphatic rings. The fraction of sp³-hybridized carbons (Fsp3) is 0.636. The predicted molar refractivity (Wildman–Crippen MR) is 58.1 cm³/mol. The summed E-state index contributed by atoms with van der Waals surface area (Å²) in [5.74, 6) is -1.02. The average Bonchev–Trinajstić information content (AvgIpc) is 1.97. The molecule has 1 heterocycles. The normalized spacial score (nSPS) is 22.9. The molecule has 1 atom stereocenters. The van der Waals surface area contributed by atoms with Crippen LogP contribution in [-0.2, 0) is 9.53 Å². The quantitative estimate of drug-likeness (QED) is 0.691. The maximum absolute atomic E-state index is 11.6. The number of carboxylic acids is 1. The van der Waals surface area contributed by atoms with Crippen molar-refractivity contribution in [3.8, 4) is 0 Å². The highest BCUT2D eigenvalue weighted by Gasteiger charge is 2.43. The monoisotopic (exact) mass is 227 g/mol. The lowest BCUT2D eigenvalue weighted by atomic mass is 9.96. The van der Waals surface area contributed by atoms with Crippen molar-refractivity contribution in [3.05, 3.63) is 11.6 Å². The Hall–Kier alpha value is -1.52. The molecular weight excluding hydrogens is 210 g/mol. The smallest absolute Gasteiger partial charge is 0.411 e. The zero-order chi connectivity index (χ0) is 12.5. The minimum absolute atomic E-state index is 0.336. The average molecular weight is 227 g/mol. The van der Waals surface area contributed by atoms with Gasteiger partial charge in [-0.15, -0.1) is 0 Å². The summed E-state index contributed by atoms with van der Waals surface area (Å²) in [5, 5.41) is 8.96. The largest absolute Gasteiger partial charge is 0.479 e. The number of carboxylic acid groups (broad SMARTS) is 1. The van der Waals surface area contributed by atoms with Crippen LogP contribution in [0.3, 0.4) is 0 Å². The summed E-state index contributed by atoms with van der Waals surface area (Å²) >= 11 is 0. The molecule has 0 aliphatic carbocycles. The molecule has 5 nitrogen and oxygen atoms in total. The van der Waals surface area contributed by atoms with E-state index < -0.39 is 23.7 Å². The summed E-state index contributed by atoms with van der Waals surface area (Å²) in [6.45, 7) is 7.34. The first-order valence-corrected chi connectivity index (χ1v) is 5.14. The van der Waals surface area contributed by atoms with E-state index in [2.05, 4.69) is 0 Å². The Balaban J connectivity index is 2.70. The first-order chi connectivity index (χ1) is 7.26. The third-order valence-electron chi connectivity index (χ3n) is 2.25. The van der Waals surface area contributed by atoms with Gasteiger partial charge in [0, 0.05) is 6.54 Å². The van der Waals surface area contributed by atoms with Gasteiger partial charge in [0.05, 0.1) is 0 Å². The minimum atomic E-state index is -1.02. The lowest BCUT2D eigenvalue weighted by Gasteiger charge is -2.41. The fourth-order valence-electron chi connectivity index (χ4n) is 1.49. The number of nitrogens with zero attached hydrogens (tertiary/aromatic N) is 1. The molecule has 1 fully saturated rings. The van der Waals surface area contributed by atoms with E-state index in [4.69, 9.17) is 9.84 Å². The summed E-state index contributed by atoms with van der Waals surface area (Å²) in [7, 11) is 0. The first kappa shape index (κ1) is 12.5. The van der Waals surface area contributed by atoms with Gasteiger partial charge in [-0.1, -0.05) is 6.08 Å². The maximum Gasteiger partial charge on any atom is 0.411 e. The number of hydrogen-bond acceptors (Lipinski definition) is 3. The maximum atomic E-state index is 11.6. The second kappa shape index (κ2) is 4.15. The Morgan fingerprint density at radius 2 is 2.06 bits per heavy atom. The summed E-state index contributed by atoms with van der Waals surface area (Å²) in [4.78, 5) is 23.8. The Morgan fingerprint density at radius 3 is 2.44 bits per heavy atom. The summed E-state index contributed by atoms with van der Waals surface area (Å²) in [6, 6.07) is -0.861. The molecule has 1 saturated heterocycles. The van der Waals surface area contributed by atoms with Crippen LogP contribution in [0.1, 0.15) is 27.7 Å². The van der Waals surface area contributed by atoms with Gasteiger partial charge in [-0.3, -0.25) is 4.90 Å². The third-order valence-corrected chi connectivity index (χ3v) is 2.25. The molecule has 1 aliphatic heterocycles. The van der Waals surface area contributed by atoms with E-state index in [0.717, 1.165) is 5.57 Å². The highest BCUT2D eigenvalue weighted by atomic mass is 16.6. The number of ether oxygens (including phenoxy) is 1. The fourth-order valence-corrected chi connectivity index (χ4v) is 1.49. The topological polar surface area (TPSA) is 66.8 Å². The Kier molecular flexibility index (Phi) is 3.26. The van der Waals surface area contributed by atoms with Crippen molar-refractivity contribution in [2.45, 2.75) is 39.3 Å². The molecule has 16 heavy (non-hydrogen) atoms. The predicted octanol–water partition coefficient (Wildman–Crippen LogP) is 1.64. The number of amides is 1. The molecular formula is C11H17NO4. The van der Waals surface area contributed by atoms with Crippen LogP contribution in [0.5, 0.6) is 0 Å². The zero-order valence-electron chi connectivity index (χ0n) is 9.98. The van der Waals surface area contributed by atoms with E-state index in [9.17, 15) is 9.59 Å². The van der Waals surface area contributed by atoms with Gasteiger partial charge < -0.3 is 9.84 Å². The van der Waals surface area contributed by atoms with Crippen LogP contribution in [0.2, 0.25) is 0 Å². The van der Waals surface area contributed by atoms with Gasteiger partial charge in [-0.05, 0) is 33.3 Å². The van der Waals surface area contributed by atoms with Gasteiger partial charge in [-0.25, -0.2) is 9.59 Å². The van der Waals surface area contributed by atoms with Crippen molar-refractivity contribution in [2.75, 3.05) is 6.54 Å². The van der Waals surface area contributed by atoms with Gasteiger partial charge >= 0.3 is 12.1 Å². The van der Waals surface area contributed by atoms with Crippen LogP contribution in [0.25, 0.3) is 0 Å². The first-order valence-electron chi connectivity index (χ1n) is 5.14. The van der Waals surface area contributed by atoms with E-state index in [1.165, 1.54) is 4.90 Å². The number of allylic oxidation sites excluding steroid dienone is 1. The number of likely N-dealkylation sites (tertiary alicyclic amines) is 1. The van der Waals surface area contributed by atoms with Gasteiger partial charge in [0.15, 0.2) is 6.04 Å². The van der Waals surface area contributed by atoms with Crippen molar-refractivity contribution in [1.29, 1.82) is 0 Å². The van der Waals surface area contributed by atoms with Crippen molar-refractivity contribution in [3.63, 3.8) is 0 Å². The van der Waals surface area contributed by atoms with Crippen LogP contribution in [-0.4, -0.2) is 40.3 Å². The number of rotatable bonds is 1. The van der Waals surface area contributed by atoms with E-state index in [0.29, 0.717) is 6.54 Å². The second-order valence-electron chi connectivity index (χ2n) is 4.71. The van der Waals surface area contributed by atoms with E-state index in [1.807, 2.05) is 0 Å². The van der Waals surface area contributed by atoms with Gasteiger partial charge in [0.2, 0.25) is 0 Å². The van der Waals surface area contributed by atoms with Crippen molar-refractivity contribution < 1.29 is 19.4 Å². The molecule has 0 radical (unpaired) electrons. The standard InChI is InChI=1S/C11H17NO4/c1-5-7-6-12(8(7)9(13)14)10(15)16-11(2,3)4/h5,8H,6H2,1-4H3,(H,13,14)/b7-5-/t8-/m0/s1. The zero-order valence-corrected chi connectivity index (χ0v) is 9.98. The van der Waals surface area contributed by atoms with Crippen LogP contribution in [0.15, 0.2) is 11.6 Å². The molecule has 0 saturated carbocycles. The van der Waals surface area contributed by atoms with Gasteiger partial charge in [-0.2, -0.15) is 0 Å². The summed E-state index contributed by atoms with van der Waals surface area (Å²) in [5.41, 5.74) is 0.129. The lowest BCUT2D eigenvalue weighted by Crippen LogP contribution is -2.58. The Bertz CT molecular complexity index is 340. The molecule has 1 rings (SSSR count). The Labute approximate surface area is 94.7 Å². The van der Waals surface area contributed by atoms with E-state index >= 15 is 0 Å². The summed E-state index contributed by atoms with van der Waals surface area (Å²) < 4.78 is 5.11. The molecule has 0 spiro atoms. The molecule has 1 amide bonds. The highest BCUT2D eigenvalue weighted by Crippen LogP contribution is 2.26. The minimum Gasteiger partial charge on any atom is -0.479 e. The van der Waals surface area contributed by atoms with Crippen LogP contribution < -0.4 is 0 Å². The van der Waals surface area contributed by atoms with Crippen molar-refractivity contribution in [1.82, 2.24) is 4.90 Å². The Morgan fingerprint density at radius 1 is 1.50 bits per heavy atom. The molecule has 5 heteroatoms. The number of aliphatic carboxylic acids is 1. The molecule has 1 N–H and O–H groups in total. The number of carbonyl (C=O) groups is 2. The van der Waals surface area contributed by atoms with E-state index in [1.54, 1.807) is 33.8 Å². The van der Waals surface area contributed by atoms with Crippen LogP contribution in [0, 0.1) is 0 Å². The van der Waals surface area contributed by atoms with Crippen molar-refractivity contribution in [2.24, 2.45) is 0 Å². The van der Waals surface area contributed by atoms with Crippen LogP contribution >= 0.6 is 0 Å². The highest BCUT2D eigenvalue weighted by molar-refractivity contribution is 5.86. The molecule has 0 aromatic rings. The summed E-state index contributed by atoms with van der Waals surface area (Å²) in [6.07, 6.45) is 1.14. The second-order valence-corrected chi connectivity index (χ2v) is 4.71. The molecule has 90 valence electrons. The lowest BCUT2D eigenvalue weighted by molar-refractivity contribution is -0.144. The van der Waals surface area contributed by atoms with Crippen LogP contribution in [0.4, 0.5) is 4.79 Å². The molecule has 0 aromatic carbocycles. The van der Waals surface area contributed by atoms with E-state index in [-0.39, 0.29) is 0 Å². The molecule has 0 unspecified atom stereocenters. The number of hydrogen-bond donors (Lipinski definition) is 1. The van der Waals surface area contributed by atoms with Gasteiger partial charge in [0.1, 0.15) is 5.60 Å². The molecule has 0 bridgehead atoms. The number of carbonyl (C=O) groups excluding carboxylic acids is 1. The SMILES string of the molecule is C/C=C1/CN(C(=O)OC(C)(C)C)[C@@H]1C(=O)O. The third kappa shape index (κ3) is 2.53. The van der Waals surface area contributed by atoms with Crippen molar-refractivity contribution >= 4 is 12.1 Å². The molecule has 0 aromatic heterocycles. The van der Waals surface area contributed by atoms with Gasteiger partial charge in [0.25, 0.3) is 0 Å².